The molecule has 2 aromatic heterocycles. The summed E-state index contributed by atoms with van der Waals surface area (Å²) in [4.78, 5) is 13.4. The van der Waals surface area contributed by atoms with Crippen molar-refractivity contribution >= 4 is 5.95 Å². The second-order valence-corrected chi connectivity index (χ2v) is 5.32. The molecule has 0 spiro atoms. The summed E-state index contributed by atoms with van der Waals surface area (Å²) in [7, 11) is 0. The molecule has 0 bridgehead atoms. The first kappa shape index (κ1) is 14.0. The molecule has 3 rings (SSSR count). The summed E-state index contributed by atoms with van der Waals surface area (Å²) in [5, 5.41) is 4.08. The molecule has 0 aliphatic carbocycles. The zero-order valence-electron chi connectivity index (χ0n) is 12.4. The lowest BCUT2D eigenvalue weighted by molar-refractivity contribution is 0.245. The van der Waals surface area contributed by atoms with Crippen molar-refractivity contribution < 1.29 is 4.52 Å². The number of aryl methyl sites for hydroxylation is 1. The quantitative estimate of drug-likeness (QED) is 0.835. The van der Waals surface area contributed by atoms with Crippen LogP contribution >= 0.6 is 0 Å². The van der Waals surface area contributed by atoms with Gasteiger partial charge in [-0.15, -0.1) is 0 Å². The number of hydrogen-bond donors (Lipinski definition) is 0. The van der Waals surface area contributed by atoms with Crippen LogP contribution in [0.1, 0.15) is 24.9 Å². The zero-order valence-corrected chi connectivity index (χ0v) is 12.4. The van der Waals surface area contributed by atoms with Crippen LogP contribution in [0, 0.1) is 0 Å². The van der Waals surface area contributed by atoms with Crippen LogP contribution in [0.25, 0.3) is 0 Å². The van der Waals surface area contributed by atoms with Crippen LogP contribution in [0.3, 0.4) is 0 Å². The highest BCUT2D eigenvalue weighted by Crippen LogP contribution is 2.14. The number of piperazine rings is 1. The van der Waals surface area contributed by atoms with Gasteiger partial charge in [0.1, 0.15) is 0 Å². The molecular weight excluding hydrogens is 266 g/mol. The van der Waals surface area contributed by atoms with Crippen molar-refractivity contribution in [1.29, 1.82) is 0 Å². The summed E-state index contributed by atoms with van der Waals surface area (Å²) in [6.45, 7) is 6.86. The van der Waals surface area contributed by atoms with Crippen LogP contribution in [-0.4, -0.2) is 46.2 Å². The molecule has 0 unspecified atom stereocenters. The molecule has 1 aliphatic heterocycles. The van der Waals surface area contributed by atoms with E-state index in [4.69, 9.17) is 4.52 Å². The molecule has 112 valence electrons. The molecule has 6 heteroatoms. The lowest BCUT2D eigenvalue weighted by atomic mass is 10.3. The standard InChI is InChI=1S/C15H21N5O/c1-2-5-14-17-15(18-21-14)20-10-8-19(9-11-20)12-13-6-3-4-7-16-13/h3-4,6-7H,2,5,8-12H2,1H3. The second-order valence-electron chi connectivity index (χ2n) is 5.32. The first-order valence-electron chi connectivity index (χ1n) is 7.55. The maximum atomic E-state index is 5.25. The maximum Gasteiger partial charge on any atom is 0.266 e. The van der Waals surface area contributed by atoms with Gasteiger partial charge in [-0.1, -0.05) is 13.0 Å². The highest BCUT2D eigenvalue weighted by molar-refractivity contribution is 5.28. The number of pyridine rings is 1. The number of hydrogen-bond acceptors (Lipinski definition) is 6. The van der Waals surface area contributed by atoms with Crippen molar-refractivity contribution in [3.8, 4) is 0 Å². The van der Waals surface area contributed by atoms with Gasteiger partial charge in [-0.2, -0.15) is 4.98 Å². The van der Waals surface area contributed by atoms with Gasteiger partial charge in [-0.25, -0.2) is 0 Å². The molecule has 1 saturated heterocycles. The fraction of sp³-hybridized carbons (Fsp3) is 0.533. The van der Waals surface area contributed by atoms with Gasteiger partial charge in [0.2, 0.25) is 5.89 Å². The highest BCUT2D eigenvalue weighted by Gasteiger charge is 2.21. The van der Waals surface area contributed by atoms with Crippen molar-refractivity contribution in [1.82, 2.24) is 20.0 Å². The average Bonchev–Trinajstić information content (AvgIpc) is 2.98. The van der Waals surface area contributed by atoms with Crippen molar-refractivity contribution in [2.24, 2.45) is 0 Å². The molecule has 0 N–H and O–H groups in total. The minimum Gasteiger partial charge on any atom is -0.337 e. The molecule has 1 aliphatic rings. The molecule has 2 aromatic rings. The maximum absolute atomic E-state index is 5.25. The van der Waals surface area contributed by atoms with Gasteiger partial charge in [-0.3, -0.25) is 9.88 Å². The lowest BCUT2D eigenvalue weighted by Gasteiger charge is -2.33. The largest absolute Gasteiger partial charge is 0.337 e. The molecule has 1 fully saturated rings. The van der Waals surface area contributed by atoms with E-state index in [9.17, 15) is 0 Å². The molecule has 0 radical (unpaired) electrons. The van der Waals surface area contributed by atoms with E-state index in [-0.39, 0.29) is 0 Å². The van der Waals surface area contributed by atoms with Crippen LogP contribution in [0.2, 0.25) is 0 Å². The van der Waals surface area contributed by atoms with Gasteiger partial charge in [0.25, 0.3) is 5.95 Å². The number of rotatable bonds is 5. The van der Waals surface area contributed by atoms with Crippen LogP contribution < -0.4 is 4.90 Å². The Labute approximate surface area is 124 Å². The van der Waals surface area contributed by atoms with Crippen molar-refractivity contribution in [3.63, 3.8) is 0 Å². The van der Waals surface area contributed by atoms with Gasteiger partial charge >= 0.3 is 0 Å². The minimum absolute atomic E-state index is 0.732. The third kappa shape index (κ3) is 3.58. The van der Waals surface area contributed by atoms with Crippen LogP contribution in [-0.2, 0) is 13.0 Å². The van der Waals surface area contributed by atoms with Crippen LogP contribution in [0.15, 0.2) is 28.9 Å². The number of aromatic nitrogens is 3. The predicted octanol–water partition coefficient (Wildman–Crippen LogP) is 1.74. The van der Waals surface area contributed by atoms with E-state index < -0.39 is 0 Å². The summed E-state index contributed by atoms with van der Waals surface area (Å²) < 4.78 is 5.25. The fourth-order valence-electron chi connectivity index (χ4n) is 2.52. The third-order valence-corrected chi connectivity index (χ3v) is 3.69. The van der Waals surface area contributed by atoms with Crippen molar-refractivity contribution in [3.05, 3.63) is 36.0 Å². The van der Waals surface area contributed by atoms with Gasteiger partial charge in [0.15, 0.2) is 0 Å². The van der Waals surface area contributed by atoms with E-state index in [2.05, 4.69) is 37.9 Å². The van der Waals surface area contributed by atoms with E-state index in [0.29, 0.717) is 0 Å². The fourth-order valence-corrected chi connectivity index (χ4v) is 2.52. The Hall–Kier alpha value is -1.95. The number of anilines is 1. The molecule has 3 heterocycles. The summed E-state index contributed by atoms with van der Waals surface area (Å²) in [5.41, 5.74) is 1.12. The first-order chi connectivity index (χ1) is 10.3. The molecule has 0 atom stereocenters. The Morgan fingerprint density at radius 2 is 2.05 bits per heavy atom. The Balaban J connectivity index is 1.52. The van der Waals surface area contributed by atoms with Crippen LogP contribution in [0.5, 0.6) is 0 Å². The predicted molar refractivity (Wildman–Crippen MR) is 80.0 cm³/mol. The molecule has 0 saturated carbocycles. The molecule has 6 nitrogen and oxygen atoms in total. The summed E-state index contributed by atoms with van der Waals surface area (Å²) in [5.74, 6) is 1.47. The first-order valence-corrected chi connectivity index (χ1v) is 7.55. The van der Waals surface area contributed by atoms with E-state index in [1.165, 1.54) is 0 Å². The van der Waals surface area contributed by atoms with Crippen molar-refractivity contribution in [2.45, 2.75) is 26.3 Å². The van der Waals surface area contributed by atoms with E-state index in [0.717, 1.165) is 63.1 Å². The van der Waals surface area contributed by atoms with Gasteiger partial charge in [0, 0.05) is 45.3 Å². The Bertz CT molecular complexity index is 548. The number of nitrogens with zero attached hydrogens (tertiary/aromatic N) is 5. The Morgan fingerprint density at radius 1 is 1.19 bits per heavy atom. The summed E-state index contributed by atoms with van der Waals surface area (Å²) in [6, 6.07) is 6.06. The summed E-state index contributed by atoms with van der Waals surface area (Å²) >= 11 is 0. The van der Waals surface area contributed by atoms with Gasteiger partial charge < -0.3 is 9.42 Å². The molecule has 0 aromatic carbocycles. The Morgan fingerprint density at radius 3 is 2.76 bits per heavy atom. The Kier molecular flexibility index (Phi) is 4.45. The lowest BCUT2D eigenvalue weighted by Crippen LogP contribution is -2.46. The van der Waals surface area contributed by atoms with Crippen LogP contribution in [0.4, 0.5) is 5.95 Å². The van der Waals surface area contributed by atoms with Crippen molar-refractivity contribution in [2.75, 3.05) is 31.1 Å². The SMILES string of the molecule is CCCc1nc(N2CCN(Cc3ccccn3)CC2)no1. The zero-order chi connectivity index (χ0) is 14.5. The monoisotopic (exact) mass is 287 g/mol. The van der Waals surface area contributed by atoms with Gasteiger partial charge in [-0.05, 0) is 23.7 Å². The average molecular weight is 287 g/mol. The normalized spacial score (nSPS) is 16.3. The third-order valence-electron chi connectivity index (χ3n) is 3.69. The van der Waals surface area contributed by atoms with E-state index in [1.54, 1.807) is 0 Å². The molecule has 0 amide bonds. The molecule has 21 heavy (non-hydrogen) atoms. The summed E-state index contributed by atoms with van der Waals surface area (Å²) in [6.07, 6.45) is 3.73. The van der Waals surface area contributed by atoms with E-state index in [1.807, 2.05) is 18.3 Å². The topological polar surface area (TPSA) is 58.3 Å². The van der Waals surface area contributed by atoms with Gasteiger partial charge in [0.05, 0.1) is 5.69 Å². The molecular formula is C15H21N5O. The van der Waals surface area contributed by atoms with E-state index >= 15 is 0 Å². The minimum atomic E-state index is 0.732. The highest BCUT2D eigenvalue weighted by atomic mass is 16.5. The smallest absolute Gasteiger partial charge is 0.266 e. The second kappa shape index (κ2) is 6.67.